The van der Waals surface area contributed by atoms with E-state index >= 15 is 0 Å². The Bertz CT molecular complexity index is 327. The van der Waals surface area contributed by atoms with Crippen LogP contribution in [0.25, 0.3) is 0 Å². The van der Waals surface area contributed by atoms with Crippen molar-refractivity contribution in [3.8, 4) is 0 Å². The summed E-state index contributed by atoms with van der Waals surface area (Å²) in [6, 6.07) is 0.915. The molecule has 0 bridgehead atoms. The molecule has 0 spiro atoms. The van der Waals surface area contributed by atoms with Crippen molar-refractivity contribution in [3.05, 3.63) is 5.82 Å². The Balaban J connectivity index is 2.20. The van der Waals surface area contributed by atoms with Crippen molar-refractivity contribution in [1.29, 1.82) is 0 Å². The highest BCUT2D eigenvalue weighted by atomic mass is 16.5. The molecule has 1 fully saturated rings. The van der Waals surface area contributed by atoms with Crippen molar-refractivity contribution in [2.75, 3.05) is 18.0 Å². The van der Waals surface area contributed by atoms with Crippen LogP contribution in [0.3, 0.4) is 0 Å². The largest absolute Gasteiger partial charge is 0.437 e. The van der Waals surface area contributed by atoms with Crippen LogP contribution in [-0.2, 0) is 7.05 Å². The van der Waals surface area contributed by atoms with Gasteiger partial charge in [0.15, 0.2) is 0 Å². The standard InChI is InChI=1S/C11H20N3O/c1-9(2)10-12-15-11(13(10)3)14-7-5-4-6-8-14/h9H,4-8H2,1-3H3/q+1. The molecule has 2 heterocycles. The summed E-state index contributed by atoms with van der Waals surface area (Å²) in [7, 11) is 2.04. The SMILES string of the molecule is CC(C)c1noc(N2CCCCC2)[n+]1C. The Morgan fingerprint density at radius 2 is 1.93 bits per heavy atom. The number of aromatic nitrogens is 2. The molecule has 1 aromatic heterocycles. The van der Waals surface area contributed by atoms with Crippen LogP contribution < -0.4 is 9.47 Å². The van der Waals surface area contributed by atoms with E-state index in [2.05, 4.69) is 28.5 Å². The Morgan fingerprint density at radius 3 is 2.47 bits per heavy atom. The summed E-state index contributed by atoms with van der Waals surface area (Å²) in [4.78, 5) is 2.29. The molecular weight excluding hydrogens is 190 g/mol. The minimum absolute atomic E-state index is 0.414. The lowest BCUT2D eigenvalue weighted by atomic mass is 10.1. The molecule has 4 heteroatoms. The smallest absolute Gasteiger partial charge is 0.258 e. The van der Waals surface area contributed by atoms with Gasteiger partial charge >= 0.3 is 6.01 Å². The Kier molecular flexibility index (Phi) is 2.93. The molecule has 0 saturated carbocycles. The summed E-state index contributed by atoms with van der Waals surface area (Å²) in [6.45, 7) is 6.47. The van der Waals surface area contributed by atoms with E-state index in [1.54, 1.807) is 0 Å². The van der Waals surface area contributed by atoms with Crippen LogP contribution in [0.1, 0.15) is 44.9 Å². The maximum absolute atomic E-state index is 5.44. The molecule has 2 rings (SSSR count). The zero-order chi connectivity index (χ0) is 10.8. The zero-order valence-corrected chi connectivity index (χ0v) is 9.86. The van der Waals surface area contributed by atoms with E-state index < -0.39 is 0 Å². The van der Waals surface area contributed by atoms with Gasteiger partial charge in [-0.2, -0.15) is 4.57 Å². The van der Waals surface area contributed by atoms with E-state index in [1.165, 1.54) is 19.3 Å². The van der Waals surface area contributed by atoms with Gasteiger partial charge in [0.2, 0.25) is 0 Å². The molecule has 1 aliphatic heterocycles. The van der Waals surface area contributed by atoms with Crippen molar-refractivity contribution in [3.63, 3.8) is 0 Å². The van der Waals surface area contributed by atoms with Crippen LogP contribution in [0.15, 0.2) is 4.52 Å². The second kappa shape index (κ2) is 4.21. The molecule has 0 aliphatic carbocycles. The lowest BCUT2D eigenvalue weighted by Crippen LogP contribution is -2.42. The molecule has 0 aromatic carbocycles. The van der Waals surface area contributed by atoms with E-state index in [1.807, 2.05) is 7.05 Å². The second-order valence-electron chi connectivity index (χ2n) is 4.58. The first-order chi connectivity index (χ1) is 7.20. The van der Waals surface area contributed by atoms with Gasteiger partial charge in [0.25, 0.3) is 5.82 Å². The molecule has 0 unspecified atom stereocenters. The summed E-state index contributed by atoms with van der Waals surface area (Å²) in [5.41, 5.74) is 0. The molecule has 15 heavy (non-hydrogen) atoms. The summed E-state index contributed by atoms with van der Waals surface area (Å²) < 4.78 is 7.51. The first-order valence-electron chi connectivity index (χ1n) is 5.80. The molecule has 1 aliphatic rings. The van der Waals surface area contributed by atoms with Crippen LogP contribution in [-0.4, -0.2) is 18.2 Å². The lowest BCUT2D eigenvalue weighted by Gasteiger charge is -2.20. The lowest BCUT2D eigenvalue weighted by molar-refractivity contribution is -0.670. The van der Waals surface area contributed by atoms with E-state index in [0.29, 0.717) is 5.92 Å². The Hall–Kier alpha value is -1.06. The van der Waals surface area contributed by atoms with Gasteiger partial charge < -0.3 is 0 Å². The van der Waals surface area contributed by atoms with Crippen LogP contribution in [0.5, 0.6) is 0 Å². The van der Waals surface area contributed by atoms with Crippen molar-refractivity contribution in [1.82, 2.24) is 5.16 Å². The zero-order valence-electron chi connectivity index (χ0n) is 9.86. The quantitative estimate of drug-likeness (QED) is 0.695. The minimum atomic E-state index is 0.414. The fourth-order valence-electron chi connectivity index (χ4n) is 2.16. The van der Waals surface area contributed by atoms with Gasteiger partial charge in [0.1, 0.15) is 0 Å². The number of rotatable bonds is 2. The normalized spacial score (nSPS) is 17.5. The highest BCUT2D eigenvalue weighted by molar-refractivity contribution is 5.19. The summed E-state index contributed by atoms with van der Waals surface area (Å²) in [6.07, 6.45) is 3.86. The molecule has 0 atom stereocenters. The average Bonchev–Trinajstić information content (AvgIpc) is 2.61. The molecule has 84 valence electrons. The number of hydrogen-bond acceptors (Lipinski definition) is 3. The molecule has 4 nitrogen and oxygen atoms in total. The minimum Gasteiger partial charge on any atom is -0.258 e. The molecular formula is C11H20N3O+. The van der Waals surface area contributed by atoms with E-state index in [0.717, 1.165) is 24.9 Å². The second-order valence-corrected chi connectivity index (χ2v) is 4.58. The van der Waals surface area contributed by atoms with Crippen LogP contribution in [0.2, 0.25) is 0 Å². The molecule has 0 radical (unpaired) electrons. The maximum atomic E-state index is 5.44. The van der Waals surface area contributed by atoms with Crippen molar-refractivity contribution < 1.29 is 9.09 Å². The molecule has 1 aromatic rings. The van der Waals surface area contributed by atoms with Gasteiger partial charge in [-0.25, -0.2) is 4.52 Å². The van der Waals surface area contributed by atoms with Crippen molar-refractivity contribution in [2.24, 2.45) is 7.05 Å². The van der Waals surface area contributed by atoms with Gasteiger partial charge in [0.05, 0.1) is 25.3 Å². The van der Waals surface area contributed by atoms with Crippen molar-refractivity contribution >= 4 is 6.01 Å². The summed E-state index contributed by atoms with van der Waals surface area (Å²) in [5.74, 6) is 1.44. The van der Waals surface area contributed by atoms with Gasteiger partial charge in [0, 0.05) is 5.92 Å². The molecule has 1 saturated heterocycles. The predicted octanol–water partition coefficient (Wildman–Crippen LogP) is 1.61. The van der Waals surface area contributed by atoms with Crippen LogP contribution in [0.4, 0.5) is 6.01 Å². The first kappa shape index (κ1) is 10.5. The van der Waals surface area contributed by atoms with Crippen LogP contribution in [0, 0.1) is 0 Å². The van der Waals surface area contributed by atoms with Gasteiger partial charge in [-0.05, 0) is 19.3 Å². The highest BCUT2D eigenvalue weighted by Crippen LogP contribution is 2.18. The maximum Gasteiger partial charge on any atom is 0.437 e. The number of piperidine rings is 1. The van der Waals surface area contributed by atoms with Crippen LogP contribution >= 0.6 is 0 Å². The fourth-order valence-corrected chi connectivity index (χ4v) is 2.16. The van der Waals surface area contributed by atoms with Gasteiger partial charge in [-0.3, -0.25) is 4.90 Å². The predicted molar refractivity (Wildman–Crippen MR) is 57.8 cm³/mol. The van der Waals surface area contributed by atoms with Crippen molar-refractivity contribution in [2.45, 2.75) is 39.0 Å². The van der Waals surface area contributed by atoms with E-state index in [9.17, 15) is 0 Å². The summed E-state index contributed by atoms with van der Waals surface area (Å²) in [5, 5.41) is 4.14. The number of nitrogens with zero attached hydrogens (tertiary/aromatic N) is 3. The van der Waals surface area contributed by atoms with E-state index in [4.69, 9.17) is 4.52 Å². The molecule has 0 amide bonds. The third-order valence-corrected chi connectivity index (χ3v) is 2.99. The number of hydrogen-bond donors (Lipinski definition) is 0. The highest BCUT2D eigenvalue weighted by Gasteiger charge is 2.28. The third kappa shape index (κ3) is 1.98. The first-order valence-corrected chi connectivity index (χ1v) is 5.80. The number of anilines is 1. The summed E-state index contributed by atoms with van der Waals surface area (Å²) >= 11 is 0. The molecule has 0 N–H and O–H groups in total. The average molecular weight is 210 g/mol. The monoisotopic (exact) mass is 210 g/mol. The van der Waals surface area contributed by atoms with E-state index in [-0.39, 0.29) is 0 Å². The topological polar surface area (TPSA) is 33.2 Å². The fraction of sp³-hybridized carbons (Fsp3) is 0.818. The Labute approximate surface area is 90.9 Å². The Morgan fingerprint density at radius 1 is 1.27 bits per heavy atom. The third-order valence-electron chi connectivity index (χ3n) is 2.99. The van der Waals surface area contributed by atoms with Gasteiger partial charge in [-0.15, -0.1) is 0 Å². The van der Waals surface area contributed by atoms with Gasteiger partial charge in [-0.1, -0.05) is 13.8 Å².